The van der Waals surface area contributed by atoms with Crippen molar-refractivity contribution in [2.75, 3.05) is 0 Å². The molecule has 0 aliphatic heterocycles. The molecule has 3 heteroatoms. The highest BCUT2D eigenvalue weighted by Crippen LogP contribution is 2.29. The zero-order valence-electron chi connectivity index (χ0n) is 10.7. The summed E-state index contributed by atoms with van der Waals surface area (Å²) in [5.41, 5.74) is 0. The van der Waals surface area contributed by atoms with E-state index in [9.17, 15) is 0 Å². The summed E-state index contributed by atoms with van der Waals surface area (Å²) in [6, 6.07) is 0. The first-order valence-electron chi connectivity index (χ1n) is 6.24. The molecule has 0 rings (SSSR count). The largest absolute Gasteiger partial charge is 0.126 e. The van der Waals surface area contributed by atoms with Gasteiger partial charge in [0.05, 0.1) is 8.07 Å². The summed E-state index contributed by atoms with van der Waals surface area (Å²) in [6.45, 7) is 9.11. The van der Waals surface area contributed by atoms with Crippen LogP contribution in [0.1, 0.15) is 52.4 Å². The standard InChI is InChI=1S/C12H26Cl2Si/c1-5-7-9-11(13)15(3,4)12(14)10-8-6-2/h11-12H,5-10H2,1-4H3. The molecule has 0 saturated carbocycles. The fraction of sp³-hybridized carbons (Fsp3) is 1.00. The maximum Gasteiger partial charge on any atom is 0.0877 e. The van der Waals surface area contributed by atoms with Gasteiger partial charge in [-0.2, -0.15) is 0 Å². The second kappa shape index (κ2) is 7.97. The van der Waals surface area contributed by atoms with Gasteiger partial charge in [0.2, 0.25) is 0 Å². The van der Waals surface area contributed by atoms with Crippen molar-refractivity contribution in [3.05, 3.63) is 0 Å². The molecule has 0 radical (unpaired) electrons. The Kier molecular flexibility index (Phi) is 8.40. The molecule has 0 bridgehead atoms. The molecule has 0 saturated heterocycles. The molecule has 0 aliphatic carbocycles. The van der Waals surface area contributed by atoms with E-state index >= 15 is 0 Å². The first-order valence-corrected chi connectivity index (χ1v) is 10.3. The lowest BCUT2D eigenvalue weighted by Crippen LogP contribution is -2.47. The molecular weight excluding hydrogens is 243 g/mol. The fourth-order valence-corrected chi connectivity index (χ4v) is 5.41. The van der Waals surface area contributed by atoms with Gasteiger partial charge in [-0.1, -0.05) is 52.6 Å². The molecule has 0 aromatic rings. The van der Waals surface area contributed by atoms with Crippen LogP contribution in [-0.2, 0) is 0 Å². The van der Waals surface area contributed by atoms with E-state index in [1.165, 1.54) is 25.7 Å². The summed E-state index contributed by atoms with van der Waals surface area (Å²) >= 11 is 13.0. The maximum absolute atomic E-state index is 6.50. The van der Waals surface area contributed by atoms with Crippen LogP contribution in [0.5, 0.6) is 0 Å². The quantitative estimate of drug-likeness (QED) is 0.410. The van der Waals surface area contributed by atoms with Gasteiger partial charge < -0.3 is 0 Å². The average molecular weight is 269 g/mol. The first-order chi connectivity index (χ1) is 6.96. The summed E-state index contributed by atoms with van der Waals surface area (Å²) in [5.74, 6) is 0. The Morgan fingerprint density at radius 3 is 1.47 bits per heavy atom. The summed E-state index contributed by atoms with van der Waals surface area (Å²) < 4.78 is 0. The van der Waals surface area contributed by atoms with Crippen molar-refractivity contribution in [1.29, 1.82) is 0 Å². The molecule has 0 fully saturated rings. The Hall–Kier alpha value is 0.797. The van der Waals surface area contributed by atoms with Gasteiger partial charge in [0, 0.05) is 10.0 Å². The lowest BCUT2D eigenvalue weighted by molar-refractivity contribution is 0.718. The monoisotopic (exact) mass is 268 g/mol. The Bertz CT molecular complexity index is 144. The first kappa shape index (κ1) is 15.8. The molecule has 0 aromatic carbocycles. The van der Waals surface area contributed by atoms with Crippen LogP contribution in [0.2, 0.25) is 13.1 Å². The van der Waals surface area contributed by atoms with E-state index in [1.54, 1.807) is 0 Å². The Morgan fingerprint density at radius 2 is 1.20 bits per heavy atom. The van der Waals surface area contributed by atoms with Gasteiger partial charge in [0.15, 0.2) is 0 Å². The minimum atomic E-state index is -1.45. The van der Waals surface area contributed by atoms with Gasteiger partial charge in [-0.3, -0.25) is 0 Å². The summed E-state index contributed by atoms with van der Waals surface area (Å²) in [6.07, 6.45) is 7.23. The van der Waals surface area contributed by atoms with Crippen LogP contribution >= 0.6 is 23.2 Å². The smallest absolute Gasteiger partial charge is 0.0877 e. The molecule has 0 nitrogen and oxygen atoms in total. The highest BCUT2D eigenvalue weighted by molar-refractivity contribution is 6.90. The topological polar surface area (TPSA) is 0 Å². The second-order valence-corrected chi connectivity index (χ2v) is 11.9. The molecule has 2 unspecified atom stereocenters. The highest BCUT2D eigenvalue weighted by Gasteiger charge is 2.36. The number of halogens is 2. The van der Waals surface area contributed by atoms with Crippen LogP contribution < -0.4 is 0 Å². The van der Waals surface area contributed by atoms with Crippen LogP contribution in [0.15, 0.2) is 0 Å². The van der Waals surface area contributed by atoms with Crippen LogP contribution in [0.3, 0.4) is 0 Å². The van der Waals surface area contributed by atoms with E-state index in [2.05, 4.69) is 26.9 Å². The average Bonchev–Trinajstić information content (AvgIpc) is 2.21. The third-order valence-electron chi connectivity index (χ3n) is 3.24. The maximum atomic E-state index is 6.50. The van der Waals surface area contributed by atoms with Crippen molar-refractivity contribution in [3.63, 3.8) is 0 Å². The van der Waals surface area contributed by atoms with Gasteiger partial charge in [-0.15, -0.1) is 23.2 Å². The summed E-state index contributed by atoms with van der Waals surface area (Å²) in [5, 5.41) is 0.689. The van der Waals surface area contributed by atoms with Gasteiger partial charge >= 0.3 is 0 Å². The van der Waals surface area contributed by atoms with Gasteiger partial charge in [-0.25, -0.2) is 0 Å². The minimum Gasteiger partial charge on any atom is -0.126 e. The lowest BCUT2D eigenvalue weighted by atomic mass is 10.3. The fourth-order valence-electron chi connectivity index (χ4n) is 1.71. The van der Waals surface area contributed by atoms with Crippen molar-refractivity contribution in [1.82, 2.24) is 0 Å². The number of rotatable bonds is 8. The van der Waals surface area contributed by atoms with E-state index in [4.69, 9.17) is 23.2 Å². The van der Waals surface area contributed by atoms with Crippen molar-refractivity contribution in [2.24, 2.45) is 0 Å². The number of hydrogen-bond donors (Lipinski definition) is 0. The third kappa shape index (κ3) is 5.60. The molecule has 0 N–H and O–H groups in total. The van der Waals surface area contributed by atoms with Crippen LogP contribution in [-0.4, -0.2) is 18.1 Å². The molecule has 0 aromatic heterocycles. The van der Waals surface area contributed by atoms with Crippen molar-refractivity contribution >= 4 is 31.3 Å². The number of unbranched alkanes of at least 4 members (excludes halogenated alkanes) is 2. The lowest BCUT2D eigenvalue weighted by Gasteiger charge is -2.32. The molecule has 2 atom stereocenters. The van der Waals surface area contributed by atoms with E-state index in [-0.39, 0.29) is 0 Å². The van der Waals surface area contributed by atoms with Gasteiger partial charge in [0.1, 0.15) is 0 Å². The van der Waals surface area contributed by atoms with E-state index < -0.39 is 8.07 Å². The predicted molar refractivity (Wildman–Crippen MR) is 75.8 cm³/mol. The van der Waals surface area contributed by atoms with Gasteiger partial charge in [-0.05, 0) is 12.8 Å². The van der Waals surface area contributed by atoms with E-state index in [0.717, 1.165) is 12.8 Å². The number of hydrogen-bond acceptors (Lipinski definition) is 0. The summed E-state index contributed by atoms with van der Waals surface area (Å²) in [4.78, 5) is 0. The second-order valence-electron chi connectivity index (χ2n) is 5.04. The van der Waals surface area contributed by atoms with Gasteiger partial charge in [0.25, 0.3) is 0 Å². The molecule has 0 amide bonds. The zero-order valence-corrected chi connectivity index (χ0v) is 13.2. The molecule has 15 heavy (non-hydrogen) atoms. The molecule has 0 spiro atoms. The van der Waals surface area contributed by atoms with Crippen molar-refractivity contribution in [2.45, 2.75) is 75.5 Å². The third-order valence-corrected chi connectivity index (χ3v) is 10.9. The van der Waals surface area contributed by atoms with Crippen molar-refractivity contribution in [3.8, 4) is 0 Å². The summed E-state index contributed by atoms with van der Waals surface area (Å²) in [7, 11) is -1.45. The van der Waals surface area contributed by atoms with E-state index in [0.29, 0.717) is 10.0 Å². The minimum absolute atomic E-state index is 0.344. The Balaban J connectivity index is 4.11. The SMILES string of the molecule is CCCCC(Cl)[Si](C)(C)C(Cl)CCCC. The van der Waals surface area contributed by atoms with Crippen molar-refractivity contribution < 1.29 is 0 Å². The van der Waals surface area contributed by atoms with Crippen LogP contribution in [0, 0.1) is 0 Å². The highest BCUT2D eigenvalue weighted by atomic mass is 35.5. The number of alkyl halides is 2. The Morgan fingerprint density at radius 1 is 0.867 bits per heavy atom. The zero-order chi connectivity index (χ0) is 11.9. The molecule has 0 aliphatic rings. The van der Waals surface area contributed by atoms with E-state index in [1.807, 2.05) is 0 Å². The van der Waals surface area contributed by atoms with Crippen LogP contribution in [0.25, 0.3) is 0 Å². The molecule has 92 valence electrons. The van der Waals surface area contributed by atoms with Crippen LogP contribution in [0.4, 0.5) is 0 Å². The Labute approximate surface area is 107 Å². The predicted octanol–water partition coefficient (Wildman–Crippen LogP) is 5.37. The normalized spacial score (nSPS) is 16.4. The molecular formula is C12H26Cl2Si. The molecule has 0 heterocycles.